The van der Waals surface area contributed by atoms with Crippen molar-refractivity contribution in [2.75, 3.05) is 7.11 Å². The van der Waals surface area contributed by atoms with Gasteiger partial charge in [0.05, 0.1) is 34.4 Å². The highest BCUT2D eigenvalue weighted by atomic mass is 79.9. The number of methoxy groups -OCH3 is 1. The van der Waals surface area contributed by atoms with Crippen LogP contribution in [0.4, 0.5) is 0 Å². The van der Waals surface area contributed by atoms with Crippen LogP contribution in [-0.2, 0) is 6.54 Å². The molecule has 0 radical (unpaired) electrons. The van der Waals surface area contributed by atoms with Crippen molar-refractivity contribution in [2.45, 2.75) is 19.5 Å². The number of rotatable bonds is 6. The number of nitrogens with one attached hydrogen (secondary N) is 1. The zero-order valence-corrected chi connectivity index (χ0v) is 18.6. The molecule has 148 valence electrons. The molecule has 0 saturated heterocycles. The first kappa shape index (κ1) is 19.7. The number of thiophene rings is 1. The highest BCUT2D eigenvalue weighted by Gasteiger charge is 2.21. The monoisotopic (exact) mass is 468 g/mol. The maximum atomic E-state index is 13.2. The molecule has 0 saturated carbocycles. The predicted molar refractivity (Wildman–Crippen MR) is 122 cm³/mol. The smallest absolute Gasteiger partial charge is 0.268 e. The normalized spacial score (nSPS) is 12.1. The molecular formula is C23H21BrN2O2S. The lowest BCUT2D eigenvalue weighted by atomic mass is 10.1. The van der Waals surface area contributed by atoms with Gasteiger partial charge in [-0.1, -0.05) is 48.5 Å². The van der Waals surface area contributed by atoms with Gasteiger partial charge in [0.2, 0.25) is 0 Å². The van der Waals surface area contributed by atoms with Crippen LogP contribution >= 0.6 is 27.3 Å². The number of aromatic nitrogens is 1. The molecular weight excluding hydrogens is 448 g/mol. The third-order valence-electron chi connectivity index (χ3n) is 4.98. The van der Waals surface area contributed by atoms with Crippen molar-refractivity contribution in [1.82, 2.24) is 9.88 Å². The highest BCUT2D eigenvalue weighted by molar-refractivity contribution is 9.10. The average molecular weight is 469 g/mol. The van der Waals surface area contributed by atoms with Crippen LogP contribution in [0.3, 0.4) is 0 Å². The van der Waals surface area contributed by atoms with E-state index in [-0.39, 0.29) is 11.9 Å². The Balaban J connectivity index is 1.71. The van der Waals surface area contributed by atoms with Crippen LogP contribution in [0, 0.1) is 0 Å². The van der Waals surface area contributed by atoms with Crippen molar-refractivity contribution in [1.29, 1.82) is 0 Å². The summed E-state index contributed by atoms with van der Waals surface area (Å²) in [6.45, 7) is 2.55. The highest BCUT2D eigenvalue weighted by Crippen LogP contribution is 2.34. The summed E-state index contributed by atoms with van der Waals surface area (Å²) in [5, 5.41) is 5.19. The van der Waals surface area contributed by atoms with Crippen molar-refractivity contribution in [3.05, 3.63) is 87.3 Å². The van der Waals surface area contributed by atoms with Gasteiger partial charge in [-0.3, -0.25) is 4.79 Å². The van der Waals surface area contributed by atoms with Crippen molar-refractivity contribution in [2.24, 2.45) is 0 Å². The minimum absolute atomic E-state index is 0.0835. The van der Waals surface area contributed by atoms with E-state index in [2.05, 4.69) is 31.2 Å². The van der Waals surface area contributed by atoms with Crippen LogP contribution < -0.4 is 10.1 Å². The Bertz CT molecular complexity index is 1150. The predicted octanol–water partition coefficient (Wildman–Crippen LogP) is 6.01. The number of hydrogen-bond acceptors (Lipinski definition) is 3. The lowest BCUT2D eigenvalue weighted by Gasteiger charge is -2.17. The second-order valence-corrected chi connectivity index (χ2v) is 8.60. The van der Waals surface area contributed by atoms with Gasteiger partial charge in [-0.2, -0.15) is 0 Å². The molecule has 0 bridgehead atoms. The first-order chi connectivity index (χ1) is 14.1. The number of fused-ring (bicyclic) bond motifs is 1. The maximum Gasteiger partial charge on any atom is 0.268 e. The molecule has 0 fully saturated rings. The number of nitrogens with zero attached hydrogens (tertiary/aromatic N) is 1. The Kier molecular flexibility index (Phi) is 5.74. The van der Waals surface area contributed by atoms with Crippen LogP contribution in [0.25, 0.3) is 10.2 Å². The maximum absolute atomic E-state index is 13.2. The van der Waals surface area contributed by atoms with Crippen molar-refractivity contribution < 1.29 is 9.53 Å². The SMILES string of the molecule is COc1ccccc1Cn1c(C(=O)NC(C)c2ccccc2)cc2scc(Br)c21. The number of amides is 1. The summed E-state index contributed by atoms with van der Waals surface area (Å²) in [6, 6.07) is 19.8. The summed E-state index contributed by atoms with van der Waals surface area (Å²) in [4.78, 5) is 13.2. The van der Waals surface area contributed by atoms with Gasteiger partial charge in [0.1, 0.15) is 11.4 Å². The summed E-state index contributed by atoms with van der Waals surface area (Å²) >= 11 is 5.27. The molecule has 2 heterocycles. The Morgan fingerprint density at radius 3 is 2.66 bits per heavy atom. The molecule has 29 heavy (non-hydrogen) atoms. The van der Waals surface area contributed by atoms with Gasteiger partial charge in [-0.25, -0.2) is 0 Å². The first-order valence-corrected chi connectivity index (χ1v) is 11.0. The molecule has 1 atom stereocenters. The van der Waals surface area contributed by atoms with Crippen molar-refractivity contribution in [3.8, 4) is 5.75 Å². The van der Waals surface area contributed by atoms with E-state index in [0.29, 0.717) is 12.2 Å². The topological polar surface area (TPSA) is 43.3 Å². The van der Waals surface area contributed by atoms with Gasteiger partial charge in [-0.15, -0.1) is 11.3 Å². The van der Waals surface area contributed by atoms with E-state index in [1.54, 1.807) is 18.4 Å². The molecule has 0 aliphatic rings. The van der Waals surface area contributed by atoms with Crippen LogP contribution in [0.2, 0.25) is 0 Å². The molecule has 4 rings (SSSR count). The Morgan fingerprint density at radius 2 is 1.90 bits per heavy atom. The fraction of sp³-hybridized carbons (Fsp3) is 0.174. The summed E-state index contributed by atoms with van der Waals surface area (Å²) < 4.78 is 9.64. The Morgan fingerprint density at radius 1 is 1.17 bits per heavy atom. The molecule has 6 heteroatoms. The number of carbonyl (C=O) groups excluding carboxylic acids is 1. The molecule has 1 N–H and O–H groups in total. The molecule has 2 aromatic heterocycles. The van der Waals surface area contributed by atoms with Gasteiger partial charge in [0, 0.05) is 10.9 Å². The van der Waals surface area contributed by atoms with E-state index < -0.39 is 0 Å². The van der Waals surface area contributed by atoms with Crippen LogP contribution in [0.1, 0.15) is 34.6 Å². The molecule has 0 aliphatic carbocycles. The molecule has 4 nitrogen and oxygen atoms in total. The van der Waals surface area contributed by atoms with Gasteiger partial charge >= 0.3 is 0 Å². The zero-order valence-electron chi connectivity index (χ0n) is 16.2. The average Bonchev–Trinajstić information content (AvgIpc) is 3.29. The third kappa shape index (κ3) is 3.95. The molecule has 0 aliphatic heterocycles. The van der Waals surface area contributed by atoms with E-state index >= 15 is 0 Å². The second kappa shape index (κ2) is 8.43. The standard InChI is InChI=1S/C23H21BrN2O2S/c1-15(16-8-4-3-5-9-16)25-23(27)19-12-21-22(18(24)14-29-21)26(19)13-17-10-6-7-11-20(17)28-2/h3-12,14-15H,13H2,1-2H3,(H,25,27). The van der Waals surface area contributed by atoms with Crippen LogP contribution in [0.15, 0.2) is 70.5 Å². The minimum Gasteiger partial charge on any atom is -0.496 e. The van der Waals surface area contributed by atoms with E-state index in [1.165, 1.54) is 0 Å². The minimum atomic E-state index is -0.0912. The van der Waals surface area contributed by atoms with E-state index in [1.807, 2.05) is 67.6 Å². The number of para-hydroxylation sites is 1. The number of halogens is 1. The van der Waals surface area contributed by atoms with Crippen molar-refractivity contribution in [3.63, 3.8) is 0 Å². The summed E-state index contributed by atoms with van der Waals surface area (Å²) in [7, 11) is 1.67. The number of carbonyl (C=O) groups is 1. The lowest BCUT2D eigenvalue weighted by Crippen LogP contribution is -2.28. The van der Waals surface area contributed by atoms with Gasteiger partial charge < -0.3 is 14.6 Å². The van der Waals surface area contributed by atoms with Crippen molar-refractivity contribution >= 4 is 43.4 Å². The van der Waals surface area contributed by atoms with E-state index in [0.717, 1.165) is 31.6 Å². The van der Waals surface area contributed by atoms with Gasteiger partial charge in [-0.05, 0) is 40.5 Å². The second-order valence-electron chi connectivity index (χ2n) is 6.83. The number of hydrogen-bond donors (Lipinski definition) is 1. The largest absolute Gasteiger partial charge is 0.496 e. The van der Waals surface area contributed by atoms with Gasteiger partial charge in [0.25, 0.3) is 5.91 Å². The fourth-order valence-corrected chi connectivity index (χ4v) is 5.18. The van der Waals surface area contributed by atoms with Crippen LogP contribution in [-0.4, -0.2) is 17.6 Å². The zero-order chi connectivity index (χ0) is 20.4. The number of ether oxygens (including phenoxy) is 1. The van der Waals surface area contributed by atoms with Crippen LogP contribution in [0.5, 0.6) is 5.75 Å². The lowest BCUT2D eigenvalue weighted by molar-refractivity contribution is 0.0931. The number of benzene rings is 2. The first-order valence-electron chi connectivity index (χ1n) is 9.32. The third-order valence-corrected chi connectivity index (χ3v) is 6.80. The Labute approximate surface area is 182 Å². The van der Waals surface area contributed by atoms with Gasteiger partial charge in [0.15, 0.2) is 0 Å². The quantitative estimate of drug-likeness (QED) is 0.376. The summed E-state index contributed by atoms with van der Waals surface area (Å²) in [5.41, 5.74) is 3.77. The summed E-state index contributed by atoms with van der Waals surface area (Å²) in [6.07, 6.45) is 0. The molecule has 0 spiro atoms. The molecule has 4 aromatic rings. The molecule has 1 unspecified atom stereocenters. The fourth-order valence-electron chi connectivity index (χ4n) is 3.48. The molecule has 1 amide bonds. The van der Waals surface area contributed by atoms with E-state index in [4.69, 9.17) is 4.74 Å². The van der Waals surface area contributed by atoms with E-state index in [9.17, 15) is 4.79 Å². The molecule has 2 aromatic carbocycles. The summed E-state index contributed by atoms with van der Waals surface area (Å²) in [5.74, 6) is 0.719. The Hall–Kier alpha value is -2.57.